The normalized spacial score (nSPS) is 22.1. The summed E-state index contributed by atoms with van der Waals surface area (Å²) in [6, 6.07) is 22.0. The number of rotatable bonds is 4. The fraction of sp³-hybridized carbons (Fsp3) is 0.417. The van der Waals surface area contributed by atoms with Gasteiger partial charge in [0.1, 0.15) is 0 Å². The van der Waals surface area contributed by atoms with E-state index in [0.29, 0.717) is 6.04 Å². The van der Waals surface area contributed by atoms with E-state index in [-0.39, 0.29) is 6.04 Å². The zero-order chi connectivity index (χ0) is 17.6. The summed E-state index contributed by atoms with van der Waals surface area (Å²) in [5.41, 5.74) is 2.42. The van der Waals surface area contributed by atoms with Gasteiger partial charge in [0.25, 0.3) is 0 Å². The Bertz CT molecular complexity index is 738. The minimum Gasteiger partial charge on any atom is -0.302 e. The van der Waals surface area contributed by atoms with Crippen LogP contribution in [-0.4, -0.2) is 42.0 Å². The molecule has 0 N–H and O–H groups in total. The molecule has 2 aliphatic heterocycles. The molecule has 26 heavy (non-hydrogen) atoms. The quantitative estimate of drug-likeness (QED) is 0.761. The second kappa shape index (κ2) is 8.54. The first-order valence-electron chi connectivity index (χ1n) is 10.00. The van der Waals surface area contributed by atoms with E-state index >= 15 is 0 Å². The van der Waals surface area contributed by atoms with E-state index in [2.05, 4.69) is 76.2 Å². The van der Waals surface area contributed by atoms with Crippen molar-refractivity contribution in [2.45, 2.75) is 37.8 Å². The van der Waals surface area contributed by atoms with Gasteiger partial charge >= 0.3 is 0 Å². The van der Waals surface area contributed by atoms with Gasteiger partial charge in [0.15, 0.2) is 0 Å². The molecule has 0 spiro atoms. The summed E-state index contributed by atoms with van der Waals surface area (Å²) < 4.78 is 0. The maximum absolute atomic E-state index is 3.61. The fourth-order valence-corrected chi connectivity index (χ4v) is 4.32. The Morgan fingerprint density at radius 1 is 0.846 bits per heavy atom. The van der Waals surface area contributed by atoms with Crippen LogP contribution in [0.4, 0.5) is 0 Å². The van der Waals surface area contributed by atoms with Crippen molar-refractivity contribution in [3.63, 3.8) is 0 Å². The number of hydrogen-bond acceptors (Lipinski definition) is 2. The molecule has 2 aromatic carbocycles. The van der Waals surface area contributed by atoms with E-state index in [0.717, 1.165) is 12.1 Å². The third-order valence-electron chi connectivity index (χ3n) is 5.66. The molecule has 2 saturated heterocycles. The highest BCUT2D eigenvalue weighted by molar-refractivity contribution is 5.37. The van der Waals surface area contributed by atoms with Crippen molar-refractivity contribution in [1.82, 2.24) is 9.80 Å². The number of hydrogen-bond donors (Lipinski definition) is 0. The Labute approximate surface area is 157 Å². The van der Waals surface area contributed by atoms with Gasteiger partial charge in [0, 0.05) is 24.7 Å². The lowest BCUT2D eigenvalue weighted by atomic mass is 10.0. The van der Waals surface area contributed by atoms with Crippen molar-refractivity contribution in [3.05, 3.63) is 71.8 Å². The van der Waals surface area contributed by atoms with Crippen LogP contribution in [0.3, 0.4) is 0 Å². The standard InChI is InChI=1S/C24H28N2/c1-3-10-21(11-4-1)15-16-24(22-12-5-2-6-13-22)26-19-9-14-23(26)20-25-17-7-8-18-25/h1-6,10-13,23-24H,7-9,14,17-20H2. The first-order valence-corrected chi connectivity index (χ1v) is 10.00. The molecule has 4 rings (SSSR count). The first-order chi connectivity index (χ1) is 12.9. The monoisotopic (exact) mass is 344 g/mol. The summed E-state index contributed by atoms with van der Waals surface area (Å²) in [5.74, 6) is 7.04. The van der Waals surface area contributed by atoms with Gasteiger partial charge in [-0.3, -0.25) is 4.90 Å². The number of likely N-dealkylation sites (tertiary alicyclic amines) is 2. The summed E-state index contributed by atoms with van der Waals surface area (Å²) in [6.45, 7) is 4.91. The van der Waals surface area contributed by atoms with E-state index in [4.69, 9.17) is 0 Å². The molecule has 134 valence electrons. The average Bonchev–Trinajstić information content (AvgIpc) is 3.37. The molecule has 2 fully saturated rings. The molecule has 2 heterocycles. The highest BCUT2D eigenvalue weighted by Gasteiger charge is 2.32. The number of nitrogens with zero attached hydrogens (tertiary/aromatic N) is 2. The molecule has 2 aliphatic rings. The van der Waals surface area contributed by atoms with Gasteiger partial charge in [-0.25, -0.2) is 0 Å². The highest BCUT2D eigenvalue weighted by Crippen LogP contribution is 2.30. The van der Waals surface area contributed by atoms with Gasteiger partial charge in [0.2, 0.25) is 0 Å². The largest absolute Gasteiger partial charge is 0.302 e. The van der Waals surface area contributed by atoms with Crippen LogP contribution in [0.15, 0.2) is 60.7 Å². The molecule has 0 bridgehead atoms. The Kier molecular flexibility index (Phi) is 5.69. The topological polar surface area (TPSA) is 6.48 Å². The maximum Gasteiger partial charge on any atom is 0.0977 e. The Morgan fingerprint density at radius 3 is 2.27 bits per heavy atom. The minimum atomic E-state index is 0.187. The molecular formula is C24H28N2. The van der Waals surface area contributed by atoms with E-state index in [1.165, 1.54) is 50.9 Å². The Balaban J connectivity index is 1.58. The lowest BCUT2D eigenvalue weighted by molar-refractivity contribution is 0.169. The molecule has 0 saturated carbocycles. The van der Waals surface area contributed by atoms with Crippen LogP contribution < -0.4 is 0 Å². The minimum absolute atomic E-state index is 0.187. The molecule has 2 heteroatoms. The van der Waals surface area contributed by atoms with Crippen LogP contribution in [0.1, 0.15) is 42.9 Å². The SMILES string of the molecule is C(#CC(c1ccccc1)N1CCCC1CN1CCCC1)c1ccccc1. The second-order valence-electron chi connectivity index (χ2n) is 7.49. The number of benzene rings is 2. The molecule has 2 unspecified atom stereocenters. The van der Waals surface area contributed by atoms with E-state index in [1.54, 1.807) is 0 Å². The van der Waals surface area contributed by atoms with Crippen molar-refractivity contribution in [2.24, 2.45) is 0 Å². The summed E-state index contributed by atoms with van der Waals surface area (Å²) >= 11 is 0. The smallest absolute Gasteiger partial charge is 0.0977 e. The van der Waals surface area contributed by atoms with Crippen molar-refractivity contribution in [1.29, 1.82) is 0 Å². The zero-order valence-electron chi connectivity index (χ0n) is 15.5. The third kappa shape index (κ3) is 4.18. The second-order valence-corrected chi connectivity index (χ2v) is 7.49. The van der Waals surface area contributed by atoms with Gasteiger partial charge < -0.3 is 4.90 Å². The lowest BCUT2D eigenvalue weighted by Gasteiger charge is -2.32. The molecule has 0 amide bonds. The van der Waals surface area contributed by atoms with Gasteiger partial charge in [-0.15, -0.1) is 0 Å². The highest BCUT2D eigenvalue weighted by atomic mass is 15.3. The fourth-order valence-electron chi connectivity index (χ4n) is 4.32. The predicted octanol–water partition coefficient (Wildman–Crippen LogP) is 4.34. The first kappa shape index (κ1) is 17.3. The summed E-state index contributed by atoms with van der Waals surface area (Å²) in [4.78, 5) is 5.30. The summed E-state index contributed by atoms with van der Waals surface area (Å²) in [5, 5.41) is 0. The van der Waals surface area contributed by atoms with Gasteiger partial charge in [-0.2, -0.15) is 0 Å². The van der Waals surface area contributed by atoms with E-state index in [1.807, 2.05) is 6.07 Å². The van der Waals surface area contributed by atoms with Crippen molar-refractivity contribution in [3.8, 4) is 11.8 Å². The van der Waals surface area contributed by atoms with Gasteiger partial charge in [-0.05, 0) is 56.5 Å². The summed E-state index contributed by atoms with van der Waals surface area (Å²) in [6.07, 6.45) is 5.31. The molecule has 2 aromatic rings. The molecule has 0 radical (unpaired) electrons. The maximum atomic E-state index is 3.61. The van der Waals surface area contributed by atoms with Crippen molar-refractivity contribution >= 4 is 0 Å². The van der Waals surface area contributed by atoms with E-state index in [9.17, 15) is 0 Å². The summed E-state index contributed by atoms with van der Waals surface area (Å²) in [7, 11) is 0. The Hall–Kier alpha value is -2.08. The van der Waals surface area contributed by atoms with Crippen LogP contribution in [0, 0.1) is 11.8 Å². The Morgan fingerprint density at radius 2 is 1.54 bits per heavy atom. The van der Waals surface area contributed by atoms with Gasteiger partial charge in [0.05, 0.1) is 6.04 Å². The van der Waals surface area contributed by atoms with Crippen LogP contribution >= 0.6 is 0 Å². The molecular weight excluding hydrogens is 316 g/mol. The molecule has 2 atom stereocenters. The van der Waals surface area contributed by atoms with Crippen molar-refractivity contribution in [2.75, 3.05) is 26.2 Å². The molecule has 0 aliphatic carbocycles. The van der Waals surface area contributed by atoms with Crippen molar-refractivity contribution < 1.29 is 0 Å². The zero-order valence-corrected chi connectivity index (χ0v) is 15.5. The van der Waals surface area contributed by atoms with E-state index < -0.39 is 0 Å². The predicted molar refractivity (Wildman–Crippen MR) is 108 cm³/mol. The molecule has 2 nitrogen and oxygen atoms in total. The third-order valence-corrected chi connectivity index (χ3v) is 5.66. The molecule has 0 aromatic heterocycles. The lowest BCUT2D eigenvalue weighted by Crippen LogP contribution is -2.41. The van der Waals surface area contributed by atoms with Crippen LogP contribution in [0.2, 0.25) is 0 Å². The van der Waals surface area contributed by atoms with Crippen LogP contribution in [0.5, 0.6) is 0 Å². The average molecular weight is 345 g/mol. The van der Waals surface area contributed by atoms with Gasteiger partial charge in [-0.1, -0.05) is 60.4 Å². The van der Waals surface area contributed by atoms with Crippen LogP contribution in [0.25, 0.3) is 0 Å². The van der Waals surface area contributed by atoms with Crippen LogP contribution in [-0.2, 0) is 0 Å².